The third-order valence-corrected chi connectivity index (χ3v) is 11.7. The first-order valence-electron chi connectivity index (χ1n) is 18.6. The van der Waals surface area contributed by atoms with Gasteiger partial charge in [0.25, 0.3) is 0 Å². The molecule has 1 aliphatic rings. The van der Waals surface area contributed by atoms with Gasteiger partial charge < -0.3 is 0 Å². The highest BCUT2D eigenvalue weighted by Crippen LogP contribution is 2.52. The van der Waals surface area contributed by atoms with Gasteiger partial charge in [-0.15, -0.1) is 0 Å². The first kappa shape index (κ1) is 33.9. The van der Waals surface area contributed by atoms with Gasteiger partial charge in [-0.3, -0.25) is 0 Å². The van der Waals surface area contributed by atoms with E-state index in [1.807, 2.05) is 0 Å². The van der Waals surface area contributed by atoms with E-state index in [0.29, 0.717) is 0 Å². The third-order valence-electron chi connectivity index (χ3n) is 11.7. The van der Waals surface area contributed by atoms with Crippen molar-refractivity contribution < 1.29 is 4.57 Å². The van der Waals surface area contributed by atoms with Gasteiger partial charge in [0.15, 0.2) is 11.7 Å². The molecule has 0 aliphatic carbocycles. The molecule has 2 unspecified atom stereocenters. The van der Waals surface area contributed by atoms with E-state index in [4.69, 9.17) is 0 Å². The smallest absolute Gasteiger partial charge is 0.192 e. The zero-order chi connectivity index (χ0) is 34.1. The molecule has 2 heterocycles. The lowest BCUT2D eigenvalue weighted by molar-refractivity contribution is -0.770. The van der Waals surface area contributed by atoms with E-state index in [1.165, 1.54) is 87.0 Å². The van der Waals surface area contributed by atoms with E-state index in [-0.39, 0.29) is 16.4 Å². The maximum atomic E-state index is 2.68. The molecule has 2 atom stereocenters. The van der Waals surface area contributed by atoms with E-state index >= 15 is 0 Å². The molecule has 0 fully saturated rings. The summed E-state index contributed by atoms with van der Waals surface area (Å²) in [4.78, 5) is 0. The molecule has 1 aromatic heterocycles. The molecule has 48 heavy (non-hydrogen) atoms. The highest BCUT2D eigenvalue weighted by Gasteiger charge is 2.58. The van der Waals surface area contributed by atoms with Gasteiger partial charge >= 0.3 is 0 Å². The molecule has 0 saturated carbocycles. The average molecular weight is 635 g/mol. The van der Waals surface area contributed by atoms with Crippen LogP contribution in [0.25, 0.3) is 44.6 Å². The number of aryl methyl sites for hydroxylation is 1. The zero-order valence-electron chi connectivity index (χ0n) is 30.8. The molecule has 0 spiro atoms. The van der Waals surface area contributed by atoms with Crippen molar-refractivity contribution in [1.82, 2.24) is 0 Å². The molecule has 6 rings (SSSR count). The number of aromatic nitrogens is 1. The Bertz CT molecular complexity index is 1850. The van der Waals surface area contributed by atoms with Crippen molar-refractivity contribution in [3.63, 3.8) is 0 Å². The maximum absolute atomic E-state index is 2.68. The minimum atomic E-state index is 0.0413. The number of pyridine rings is 1. The van der Waals surface area contributed by atoms with Crippen LogP contribution in [0.3, 0.4) is 0 Å². The zero-order valence-corrected chi connectivity index (χ0v) is 30.8. The lowest BCUT2D eigenvalue weighted by atomic mass is 9.58. The Morgan fingerprint density at radius 3 is 1.58 bits per heavy atom. The molecule has 0 N–H and O–H groups in total. The summed E-state index contributed by atoms with van der Waals surface area (Å²) in [5, 5.41) is 0. The van der Waals surface area contributed by atoms with Crippen LogP contribution in [0.4, 0.5) is 0 Å². The van der Waals surface area contributed by atoms with Gasteiger partial charge in [-0.05, 0) is 94.2 Å². The molecule has 1 aliphatic heterocycles. The lowest BCUT2D eigenvalue weighted by Crippen LogP contribution is -2.69. The van der Waals surface area contributed by atoms with E-state index in [9.17, 15) is 0 Å². The molecule has 0 amide bonds. The van der Waals surface area contributed by atoms with Crippen molar-refractivity contribution in [3.8, 4) is 44.6 Å². The molecule has 1 nitrogen and oxygen atoms in total. The first-order valence-corrected chi connectivity index (χ1v) is 18.6. The van der Waals surface area contributed by atoms with Crippen molar-refractivity contribution in [2.24, 2.45) is 0 Å². The standard InChI is InChI=1S/C47H56N/c1-9-13-14-34-15-17-35(18-16-34)36-19-21-37(22-20-36)38-23-25-39(26-24-38)40-27-28-43-42(32-40)44-33-41(45(5,6)7)29-31-48(44)47(12-4,30-10-2)46(43,8)11-3/h15-29,31-33H,9-14,30H2,1-8H3/q+1. The second kappa shape index (κ2) is 13.5. The van der Waals surface area contributed by atoms with E-state index in [1.54, 1.807) is 0 Å². The molecule has 0 radical (unpaired) electrons. The average Bonchev–Trinajstić information content (AvgIpc) is 3.12. The number of unbranched alkanes of at least 4 members (excludes halogenated alkanes) is 1. The summed E-state index contributed by atoms with van der Waals surface area (Å²) in [6, 6.07) is 39.5. The normalized spacial score (nSPS) is 18.8. The molecule has 248 valence electrons. The van der Waals surface area contributed by atoms with Crippen LogP contribution >= 0.6 is 0 Å². The van der Waals surface area contributed by atoms with Crippen LogP contribution in [0.5, 0.6) is 0 Å². The first-order chi connectivity index (χ1) is 23.1. The maximum Gasteiger partial charge on any atom is 0.213 e. The largest absolute Gasteiger partial charge is 0.213 e. The molecule has 5 aromatic rings. The van der Waals surface area contributed by atoms with Crippen molar-refractivity contribution in [3.05, 3.63) is 126 Å². The highest BCUT2D eigenvalue weighted by molar-refractivity contribution is 5.77. The monoisotopic (exact) mass is 634 g/mol. The Morgan fingerprint density at radius 2 is 1.10 bits per heavy atom. The summed E-state index contributed by atoms with van der Waals surface area (Å²) in [5.74, 6) is 0. The van der Waals surface area contributed by atoms with Gasteiger partial charge in [-0.1, -0.05) is 140 Å². The number of nitrogens with zero attached hydrogens (tertiary/aromatic N) is 1. The molecule has 4 aromatic carbocycles. The Morgan fingerprint density at radius 1 is 0.583 bits per heavy atom. The Hall–Kier alpha value is -3.97. The summed E-state index contributed by atoms with van der Waals surface area (Å²) >= 11 is 0. The Balaban J connectivity index is 1.34. The molecule has 1 heteroatoms. The van der Waals surface area contributed by atoms with Gasteiger partial charge in [-0.2, -0.15) is 4.57 Å². The van der Waals surface area contributed by atoms with Crippen molar-refractivity contribution in [1.29, 1.82) is 0 Å². The number of fused-ring (bicyclic) bond motifs is 3. The number of hydrogen-bond donors (Lipinski definition) is 0. The summed E-state index contributed by atoms with van der Waals surface area (Å²) in [7, 11) is 0. The number of benzene rings is 4. The summed E-state index contributed by atoms with van der Waals surface area (Å²) in [6.45, 7) is 18.9. The molecular formula is C47H56N+. The Labute approximate surface area is 291 Å². The van der Waals surface area contributed by atoms with Crippen LogP contribution < -0.4 is 4.57 Å². The Kier molecular flexibility index (Phi) is 9.54. The van der Waals surface area contributed by atoms with Crippen LogP contribution in [-0.2, 0) is 22.8 Å². The molecule has 0 bridgehead atoms. The van der Waals surface area contributed by atoms with Crippen LogP contribution in [0.1, 0.15) is 111 Å². The minimum Gasteiger partial charge on any atom is -0.192 e. The summed E-state index contributed by atoms with van der Waals surface area (Å²) in [6.07, 6.45) is 10.6. The fourth-order valence-electron chi connectivity index (χ4n) is 8.50. The minimum absolute atomic E-state index is 0.0413. The van der Waals surface area contributed by atoms with Crippen LogP contribution in [-0.4, -0.2) is 0 Å². The predicted octanol–water partition coefficient (Wildman–Crippen LogP) is 12.9. The summed E-state index contributed by atoms with van der Waals surface area (Å²) < 4.78 is 2.68. The predicted molar refractivity (Wildman–Crippen MR) is 207 cm³/mol. The van der Waals surface area contributed by atoms with Crippen molar-refractivity contribution in [2.75, 3.05) is 0 Å². The van der Waals surface area contributed by atoms with E-state index in [2.05, 4.69) is 169 Å². The van der Waals surface area contributed by atoms with Crippen LogP contribution in [0, 0.1) is 0 Å². The topological polar surface area (TPSA) is 3.88 Å². The van der Waals surface area contributed by atoms with Crippen molar-refractivity contribution in [2.45, 2.75) is 117 Å². The quantitative estimate of drug-likeness (QED) is 0.135. The van der Waals surface area contributed by atoms with Gasteiger partial charge in [-0.25, -0.2) is 0 Å². The lowest BCUT2D eigenvalue weighted by Gasteiger charge is -2.48. The van der Waals surface area contributed by atoms with E-state index < -0.39 is 0 Å². The molecular weight excluding hydrogens is 579 g/mol. The molecule has 0 saturated heterocycles. The SMILES string of the molecule is CCCCc1ccc(-c2ccc(-c3ccc(-c4ccc5c(c4)-c4cc(C(C)(C)C)cc[n+]4C(CC)(CCC)C5(C)CC)cc3)cc2)cc1. The summed E-state index contributed by atoms with van der Waals surface area (Å²) in [5.41, 5.74) is 14.9. The van der Waals surface area contributed by atoms with Crippen molar-refractivity contribution >= 4 is 0 Å². The highest BCUT2D eigenvalue weighted by atomic mass is 15.1. The van der Waals surface area contributed by atoms with E-state index in [0.717, 1.165) is 19.3 Å². The fourth-order valence-corrected chi connectivity index (χ4v) is 8.50. The second-order valence-electron chi connectivity index (χ2n) is 15.5. The van der Waals surface area contributed by atoms with Gasteiger partial charge in [0.05, 0.1) is 11.0 Å². The van der Waals surface area contributed by atoms with Gasteiger partial charge in [0, 0.05) is 25.0 Å². The number of rotatable bonds is 10. The fraction of sp³-hybridized carbons (Fsp3) is 0.383. The van der Waals surface area contributed by atoms with Gasteiger partial charge in [0.1, 0.15) is 0 Å². The second-order valence-corrected chi connectivity index (χ2v) is 15.5. The third kappa shape index (κ3) is 5.95. The van der Waals surface area contributed by atoms with Crippen LogP contribution in [0.2, 0.25) is 0 Å². The van der Waals surface area contributed by atoms with Gasteiger partial charge in [0.2, 0.25) is 5.69 Å². The number of hydrogen-bond acceptors (Lipinski definition) is 0. The van der Waals surface area contributed by atoms with Crippen LogP contribution in [0.15, 0.2) is 109 Å².